The van der Waals surface area contributed by atoms with Crippen LogP contribution in [0.4, 0.5) is 5.69 Å². The minimum absolute atomic E-state index is 0.0241. The van der Waals surface area contributed by atoms with Gasteiger partial charge in [-0.25, -0.2) is 5.43 Å². The van der Waals surface area contributed by atoms with Crippen molar-refractivity contribution >= 4 is 38.7 Å². The molecule has 4 rings (SSSR count). The van der Waals surface area contributed by atoms with Gasteiger partial charge in [0.1, 0.15) is 4.90 Å². The van der Waals surface area contributed by atoms with E-state index in [-0.39, 0.29) is 16.3 Å². The predicted molar refractivity (Wildman–Crippen MR) is 126 cm³/mol. The molecule has 0 fully saturated rings. The van der Waals surface area contributed by atoms with Gasteiger partial charge < -0.3 is 4.18 Å². The fraction of sp³-hybridized carbons (Fsp3) is 0. The molecule has 4 aromatic carbocycles. The van der Waals surface area contributed by atoms with Gasteiger partial charge in [0.15, 0.2) is 5.75 Å². The number of hydrazone groups is 1. The number of non-ortho nitro benzene ring substituents is 1. The van der Waals surface area contributed by atoms with Crippen LogP contribution in [0.15, 0.2) is 101 Å². The molecule has 0 aliphatic heterocycles. The summed E-state index contributed by atoms with van der Waals surface area (Å²) < 4.78 is 30.5. The number of nitrogens with one attached hydrogen (secondary N) is 1. The number of benzene rings is 4. The molecule has 170 valence electrons. The van der Waals surface area contributed by atoms with Gasteiger partial charge >= 0.3 is 10.1 Å². The summed E-state index contributed by atoms with van der Waals surface area (Å²) in [6.07, 6.45) is 1.27. The van der Waals surface area contributed by atoms with Crippen LogP contribution < -0.4 is 9.61 Å². The van der Waals surface area contributed by atoms with E-state index in [0.29, 0.717) is 11.1 Å². The van der Waals surface area contributed by atoms with Crippen molar-refractivity contribution in [2.75, 3.05) is 0 Å². The average molecular weight is 475 g/mol. The molecule has 0 unspecified atom stereocenters. The van der Waals surface area contributed by atoms with Crippen LogP contribution in [-0.4, -0.2) is 25.5 Å². The van der Waals surface area contributed by atoms with Crippen molar-refractivity contribution in [3.05, 3.63) is 112 Å². The van der Waals surface area contributed by atoms with Gasteiger partial charge in [-0.3, -0.25) is 14.9 Å². The molecule has 34 heavy (non-hydrogen) atoms. The Balaban J connectivity index is 1.52. The summed E-state index contributed by atoms with van der Waals surface area (Å²) in [5, 5.41) is 16.4. The van der Waals surface area contributed by atoms with Crippen molar-refractivity contribution in [2.45, 2.75) is 4.90 Å². The lowest BCUT2D eigenvalue weighted by Gasteiger charge is -2.09. The van der Waals surface area contributed by atoms with Gasteiger partial charge in [0.25, 0.3) is 11.6 Å². The SMILES string of the molecule is O=C(NN=Cc1ccccc1OS(=O)(=O)c1ccc([N+](=O)[O-])cc1)c1cccc2ccccc12. The lowest BCUT2D eigenvalue weighted by molar-refractivity contribution is -0.384. The summed E-state index contributed by atoms with van der Waals surface area (Å²) >= 11 is 0. The number of nitro benzene ring substituents is 1. The van der Waals surface area contributed by atoms with Crippen LogP contribution in [0.2, 0.25) is 0 Å². The van der Waals surface area contributed by atoms with E-state index in [2.05, 4.69) is 10.5 Å². The quantitative estimate of drug-likeness (QED) is 0.184. The monoisotopic (exact) mass is 475 g/mol. The van der Waals surface area contributed by atoms with Crippen LogP contribution in [0.25, 0.3) is 10.8 Å². The van der Waals surface area contributed by atoms with Gasteiger partial charge in [-0.1, -0.05) is 48.5 Å². The molecular formula is C24H17N3O6S. The molecule has 4 aromatic rings. The first-order valence-corrected chi connectivity index (χ1v) is 11.3. The summed E-state index contributed by atoms with van der Waals surface area (Å²) in [6, 6.07) is 23.3. The van der Waals surface area contributed by atoms with Crippen LogP contribution in [0, 0.1) is 10.1 Å². The number of carbonyl (C=O) groups excluding carboxylic acids is 1. The molecular weight excluding hydrogens is 458 g/mol. The molecule has 0 heterocycles. The number of nitrogens with zero attached hydrogens (tertiary/aromatic N) is 2. The zero-order valence-electron chi connectivity index (χ0n) is 17.5. The maximum Gasteiger partial charge on any atom is 0.339 e. The fourth-order valence-electron chi connectivity index (χ4n) is 3.21. The highest BCUT2D eigenvalue weighted by Gasteiger charge is 2.19. The summed E-state index contributed by atoms with van der Waals surface area (Å²) in [5.41, 5.74) is 2.94. The Morgan fingerprint density at radius 1 is 0.912 bits per heavy atom. The minimum Gasteiger partial charge on any atom is -0.378 e. The number of hydrogen-bond donors (Lipinski definition) is 1. The number of para-hydroxylation sites is 1. The van der Waals surface area contributed by atoms with Crippen molar-refractivity contribution < 1.29 is 22.3 Å². The van der Waals surface area contributed by atoms with Crippen molar-refractivity contribution in [3.8, 4) is 5.75 Å². The van der Waals surface area contributed by atoms with Gasteiger partial charge in [-0.2, -0.15) is 13.5 Å². The standard InChI is InChI=1S/C24H17N3O6S/c28-24(22-10-5-8-17-6-1-3-9-21(17)22)26-25-16-18-7-2-4-11-23(18)33-34(31,32)20-14-12-19(13-15-20)27(29)30/h1-16H,(H,26,28). The molecule has 0 saturated heterocycles. The highest BCUT2D eigenvalue weighted by Crippen LogP contribution is 2.23. The van der Waals surface area contributed by atoms with E-state index in [1.807, 2.05) is 30.3 Å². The van der Waals surface area contributed by atoms with Crippen molar-refractivity contribution in [1.82, 2.24) is 5.43 Å². The van der Waals surface area contributed by atoms with Gasteiger partial charge in [-0.15, -0.1) is 0 Å². The third kappa shape index (κ3) is 4.92. The number of nitro groups is 1. The topological polar surface area (TPSA) is 128 Å². The Labute approximate surface area is 194 Å². The van der Waals surface area contributed by atoms with Crippen LogP contribution >= 0.6 is 0 Å². The highest BCUT2D eigenvalue weighted by atomic mass is 32.2. The van der Waals surface area contributed by atoms with E-state index in [1.54, 1.807) is 30.3 Å². The third-order valence-electron chi connectivity index (χ3n) is 4.86. The number of fused-ring (bicyclic) bond motifs is 1. The van der Waals surface area contributed by atoms with E-state index < -0.39 is 20.9 Å². The summed E-state index contributed by atoms with van der Waals surface area (Å²) in [6.45, 7) is 0. The largest absolute Gasteiger partial charge is 0.378 e. The van der Waals surface area contributed by atoms with Crippen molar-refractivity contribution in [3.63, 3.8) is 0 Å². The zero-order chi connectivity index (χ0) is 24.1. The summed E-state index contributed by atoms with van der Waals surface area (Å²) in [7, 11) is -4.26. The van der Waals surface area contributed by atoms with Crippen molar-refractivity contribution in [2.24, 2.45) is 5.10 Å². The van der Waals surface area contributed by atoms with E-state index in [9.17, 15) is 23.3 Å². The Bertz CT molecular complexity index is 1510. The smallest absolute Gasteiger partial charge is 0.339 e. The second-order valence-electron chi connectivity index (χ2n) is 7.05. The van der Waals surface area contributed by atoms with Gasteiger partial charge in [0, 0.05) is 23.3 Å². The zero-order valence-corrected chi connectivity index (χ0v) is 18.3. The molecule has 0 radical (unpaired) electrons. The Morgan fingerprint density at radius 2 is 1.59 bits per heavy atom. The fourth-order valence-corrected chi connectivity index (χ4v) is 4.16. The van der Waals surface area contributed by atoms with Gasteiger partial charge in [0.2, 0.25) is 0 Å². The van der Waals surface area contributed by atoms with E-state index in [1.165, 1.54) is 12.3 Å². The first kappa shape index (κ1) is 22.6. The number of amides is 1. The van der Waals surface area contributed by atoms with E-state index >= 15 is 0 Å². The molecule has 0 aromatic heterocycles. The molecule has 0 saturated carbocycles. The van der Waals surface area contributed by atoms with Crippen LogP contribution in [0.1, 0.15) is 15.9 Å². The second-order valence-corrected chi connectivity index (χ2v) is 8.60. The highest BCUT2D eigenvalue weighted by molar-refractivity contribution is 7.87. The van der Waals surface area contributed by atoms with Crippen LogP contribution in [0.5, 0.6) is 5.75 Å². The third-order valence-corrected chi connectivity index (χ3v) is 6.11. The number of hydrogen-bond acceptors (Lipinski definition) is 7. The summed E-state index contributed by atoms with van der Waals surface area (Å²) in [4.78, 5) is 22.5. The predicted octanol–water partition coefficient (Wildman–Crippen LogP) is 4.28. The molecule has 1 N–H and O–H groups in total. The van der Waals surface area contributed by atoms with E-state index in [4.69, 9.17) is 4.18 Å². The van der Waals surface area contributed by atoms with Gasteiger partial charge in [-0.05, 0) is 41.1 Å². The molecule has 0 spiro atoms. The summed E-state index contributed by atoms with van der Waals surface area (Å²) in [5.74, 6) is -0.450. The first-order valence-electron chi connectivity index (χ1n) is 9.94. The molecule has 1 amide bonds. The average Bonchev–Trinajstić information content (AvgIpc) is 2.84. The van der Waals surface area contributed by atoms with Gasteiger partial charge in [0.05, 0.1) is 11.1 Å². The Hall–Kier alpha value is -4.57. The Morgan fingerprint density at radius 3 is 2.35 bits per heavy atom. The van der Waals surface area contributed by atoms with Crippen LogP contribution in [-0.2, 0) is 10.1 Å². The van der Waals surface area contributed by atoms with Crippen molar-refractivity contribution in [1.29, 1.82) is 0 Å². The molecule has 0 aliphatic rings. The lowest BCUT2D eigenvalue weighted by atomic mass is 10.0. The second kappa shape index (κ2) is 9.51. The maximum atomic E-state index is 12.6. The molecule has 0 bridgehead atoms. The first-order chi connectivity index (χ1) is 16.3. The molecule has 10 heteroatoms. The molecule has 0 aliphatic carbocycles. The lowest BCUT2D eigenvalue weighted by Crippen LogP contribution is -2.18. The van der Waals surface area contributed by atoms with E-state index in [0.717, 1.165) is 35.0 Å². The molecule has 0 atom stereocenters. The molecule has 9 nitrogen and oxygen atoms in total. The Kier molecular flexibility index (Phi) is 6.33. The number of carbonyl (C=O) groups is 1. The maximum absolute atomic E-state index is 12.6. The minimum atomic E-state index is -4.26. The normalized spacial score (nSPS) is 11.4. The number of rotatable bonds is 7. The van der Waals surface area contributed by atoms with Crippen LogP contribution in [0.3, 0.4) is 0 Å².